The predicted octanol–water partition coefficient (Wildman–Crippen LogP) is 2.49. The second kappa shape index (κ2) is 6.57. The molecule has 3 nitrogen and oxygen atoms in total. The maximum Gasteiger partial charge on any atom is 0.300 e. The maximum absolute atomic E-state index is 11.2. The number of ketones is 1. The maximum atomic E-state index is 11.2. The van der Waals surface area contributed by atoms with Gasteiger partial charge in [0.15, 0.2) is 0 Å². The number of Topliss-reactive ketones (excluding diaryl/α,β-unsaturated/α-hetero) is 1. The van der Waals surface area contributed by atoms with Gasteiger partial charge in [-0.25, -0.2) is 0 Å². The fourth-order valence-electron chi connectivity index (χ4n) is 1.69. The van der Waals surface area contributed by atoms with Gasteiger partial charge < -0.3 is 5.11 Å². The third kappa shape index (κ3) is 5.73. The molecule has 1 N–H and O–H groups in total. The molecular formula is C11H20O3. The summed E-state index contributed by atoms with van der Waals surface area (Å²) in [6.07, 6.45) is 4.27. The Kier molecular flexibility index (Phi) is 6.17. The van der Waals surface area contributed by atoms with Crippen molar-refractivity contribution >= 4 is 11.8 Å². The van der Waals surface area contributed by atoms with E-state index in [9.17, 15) is 4.79 Å². The van der Waals surface area contributed by atoms with Crippen molar-refractivity contribution in [1.82, 2.24) is 0 Å². The van der Waals surface area contributed by atoms with E-state index in [1.807, 2.05) is 0 Å². The van der Waals surface area contributed by atoms with E-state index < -0.39 is 5.97 Å². The van der Waals surface area contributed by atoms with Crippen molar-refractivity contribution in [3.63, 3.8) is 0 Å². The van der Waals surface area contributed by atoms with E-state index >= 15 is 0 Å². The van der Waals surface area contributed by atoms with E-state index in [2.05, 4.69) is 13.8 Å². The van der Waals surface area contributed by atoms with Crippen LogP contribution in [0.15, 0.2) is 0 Å². The highest BCUT2D eigenvalue weighted by molar-refractivity contribution is 5.81. The molecule has 0 aromatic carbocycles. The minimum Gasteiger partial charge on any atom is -0.481 e. The highest BCUT2D eigenvalue weighted by Crippen LogP contribution is 2.26. The average molecular weight is 200 g/mol. The number of hydrogen-bond donors (Lipinski definition) is 1. The van der Waals surface area contributed by atoms with Crippen molar-refractivity contribution in [3.8, 4) is 0 Å². The van der Waals surface area contributed by atoms with Crippen LogP contribution < -0.4 is 0 Å². The molecule has 14 heavy (non-hydrogen) atoms. The molecule has 2 unspecified atom stereocenters. The molecule has 3 heteroatoms. The van der Waals surface area contributed by atoms with Gasteiger partial charge in [-0.05, 0) is 25.2 Å². The first-order chi connectivity index (χ1) is 6.47. The topological polar surface area (TPSA) is 54.4 Å². The fraction of sp³-hybridized carbons (Fsp3) is 0.818. The standard InChI is InChI=1S/C9H16O.C2H4O2/c1-3-8-5-4-7(2)6-9(8)10;1-2(3)4/h7-8H,3-6H2,1-2H3;1H3,(H,3,4). The quantitative estimate of drug-likeness (QED) is 0.707. The number of aliphatic carboxylic acids is 1. The zero-order valence-electron chi connectivity index (χ0n) is 9.25. The zero-order valence-corrected chi connectivity index (χ0v) is 9.25. The second-order valence-electron chi connectivity index (χ2n) is 3.98. The first kappa shape index (κ1) is 13.1. The van der Waals surface area contributed by atoms with E-state index in [-0.39, 0.29) is 0 Å². The molecule has 1 saturated carbocycles. The minimum atomic E-state index is -0.833. The minimum absolute atomic E-state index is 0.399. The first-order valence-corrected chi connectivity index (χ1v) is 5.19. The Morgan fingerprint density at radius 3 is 2.36 bits per heavy atom. The van der Waals surface area contributed by atoms with Crippen molar-refractivity contribution in [3.05, 3.63) is 0 Å². The Hall–Kier alpha value is -0.860. The number of carbonyl (C=O) groups excluding carboxylic acids is 1. The Labute approximate surface area is 85.5 Å². The van der Waals surface area contributed by atoms with Crippen LogP contribution in [0.4, 0.5) is 0 Å². The molecule has 1 rings (SSSR count). The molecule has 0 aromatic rings. The number of carbonyl (C=O) groups is 2. The molecule has 0 aliphatic heterocycles. The highest BCUT2D eigenvalue weighted by atomic mass is 16.4. The summed E-state index contributed by atoms with van der Waals surface area (Å²) in [6, 6.07) is 0. The third-order valence-corrected chi connectivity index (χ3v) is 2.51. The Balaban J connectivity index is 0.000000364. The van der Waals surface area contributed by atoms with Gasteiger partial charge in [0.1, 0.15) is 5.78 Å². The van der Waals surface area contributed by atoms with Crippen molar-refractivity contribution in [2.75, 3.05) is 0 Å². The molecule has 0 saturated heterocycles. The van der Waals surface area contributed by atoms with Gasteiger partial charge in [-0.15, -0.1) is 0 Å². The lowest BCUT2D eigenvalue weighted by atomic mass is 9.81. The number of carboxylic acids is 1. The van der Waals surface area contributed by atoms with Gasteiger partial charge in [0.25, 0.3) is 5.97 Å². The third-order valence-electron chi connectivity index (χ3n) is 2.51. The zero-order chi connectivity index (χ0) is 11.1. The van der Waals surface area contributed by atoms with Crippen LogP contribution in [0.25, 0.3) is 0 Å². The molecule has 0 bridgehead atoms. The van der Waals surface area contributed by atoms with Gasteiger partial charge in [-0.1, -0.05) is 13.8 Å². The molecule has 1 fully saturated rings. The van der Waals surface area contributed by atoms with E-state index in [0.29, 0.717) is 17.6 Å². The SMILES string of the molecule is CC(=O)O.CCC1CCC(C)CC1=O. The van der Waals surface area contributed by atoms with Crippen LogP contribution in [-0.2, 0) is 9.59 Å². The average Bonchev–Trinajstić information content (AvgIpc) is 2.03. The number of carboxylic acid groups (broad SMARTS) is 1. The normalized spacial score (nSPS) is 26.4. The summed E-state index contributed by atoms with van der Waals surface area (Å²) in [7, 11) is 0. The van der Waals surface area contributed by atoms with Crippen LogP contribution >= 0.6 is 0 Å². The van der Waals surface area contributed by atoms with Crippen molar-refractivity contribution < 1.29 is 14.7 Å². The van der Waals surface area contributed by atoms with E-state index in [0.717, 1.165) is 26.2 Å². The fourth-order valence-corrected chi connectivity index (χ4v) is 1.69. The molecular weight excluding hydrogens is 180 g/mol. The summed E-state index contributed by atoms with van der Waals surface area (Å²) in [5.41, 5.74) is 0. The molecule has 2 atom stereocenters. The summed E-state index contributed by atoms with van der Waals surface area (Å²) in [5.74, 6) is 0.716. The van der Waals surface area contributed by atoms with Crippen molar-refractivity contribution in [1.29, 1.82) is 0 Å². The lowest BCUT2D eigenvalue weighted by molar-refractivity contribution is -0.134. The number of rotatable bonds is 1. The van der Waals surface area contributed by atoms with Crippen LogP contribution in [0.3, 0.4) is 0 Å². The first-order valence-electron chi connectivity index (χ1n) is 5.19. The summed E-state index contributed by atoms with van der Waals surface area (Å²) >= 11 is 0. The Morgan fingerprint density at radius 2 is 2.00 bits per heavy atom. The molecule has 0 radical (unpaired) electrons. The van der Waals surface area contributed by atoms with E-state index in [1.165, 1.54) is 6.42 Å². The number of hydrogen-bond acceptors (Lipinski definition) is 2. The summed E-state index contributed by atoms with van der Waals surface area (Å²) < 4.78 is 0. The molecule has 0 amide bonds. The molecule has 1 aliphatic rings. The van der Waals surface area contributed by atoms with Gasteiger partial charge in [-0.3, -0.25) is 9.59 Å². The lowest BCUT2D eigenvalue weighted by Gasteiger charge is -2.23. The van der Waals surface area contributed by atoms with Gasteiger partial charge in [0.2, 0.25) is 0 Å². The van der Waals surface area contributed by atoms with Crippen molar-refractivity contribution in [2.24, 2.45) is 11.8 Å². The summed E-state index contributed by atoms with van der Waals surface area (Å²) in [4.78, 5) is 20.2. The van der Waals surface area contributed by atoms with Crippen LogP contribution in [0.2, 0.25) is 0 Å². The molecule has 1 aliphatic carbocycles. The van der Waals surface area contributed by atoms with Crippen molar-refractivity contribution in [2.45, 2.75) is 46.5 Å². The highest BCUT2D eigenvalue weighted by Gasteiger charge is 2.24. The smallest absolute Gasteiger partial charge is 0.300 e. The Morgan fingerprint density at radius 1 is 1.50 bits per heavy atom. The lowest BCUT2D eigenvalue weighted by Crippen LogP contribution is -2.22. The van der Waals surface area contributed by atoms with Gasteiger partial charge in [-0.2, -0.15) is 0 Å². The van der Waals surface area contributed by atoms with Gasteiger partial charge in [0, 0.05) is 19.3 Å². The van der Waals surface area contributed by atoms with E-state index in [1.54, 1.807) is 0 Å². The van der Waals surface area contributed by atoms with Gasteiger partial charge >= 0.3 is 0 Å². The van der Waals surface area contributed by atoms with Crippen LogP contribution in [-0.4, -0.2) is 16.9 Å². The largest absolute Gasteiger partial charge is 0.481 e. The second-order valence-corrected chi connectivity index (χ2v) is 3.98. The molecule has 0 spiro atoms. The molecule has 82 valence electrons. The Bertz CT molecular complexity index is 195. The van der Waals surface area contributed by atoms with Crippen LogP contribution in [0, 0.1) is 11.8 Å². The monoisotopic (exact) mass is 200 g/mol. The van der Waals surface area contributed by atoms with Crippen LogP contribution in [0.5, 0.6) is 0 Å². The predicted molar refractivity (Wildman–Crippen MR) is 55.1 cm³/mol. The van der Waals surface area contributed by atoms with Crippen LogP contribution in [0.1, 0.15) is 46.5 Å². The summed E-state index contributed by atoms with van der Waals surface area (Å²) in [5, 5.41) is 7.42. The molecule has 0 aromatic heterocycles. The van der Waals surface area contributed by atoms with Gasteiger partial charge in [0.05, 0.1) is 0 Å². The van der Waals surface area contributed by atoms with E-state index in [4.69, 9.17) is 9.90 Å². The summed E-state index contributed by atoms with van der Waals surface area (Å²) in [6.45, 7) is 5.36. The molecule has 0 heterocycles.